The second kappa shape index (κ2) is 5.18. The molecule has 0 amide bonds. The molecule has 98 valence electrons. The molecule has 1 aliphatic rings. The van der Waals surface area contributed by atoms with Crippen molar-refractivity contribution in [2.75, 3.05) is 11.9 Å². The molecule has 1 saturated carbocycles. The van der Waals surface area contributed by atoms with E-state index in [0.717, 1.165) is 29.5 Å². The number of rotatable bonds is 5. The fourth-order valence-electron chi connectivity index (χ4n) is 2.06. The molecule has 0 heterocycles. The monoisotopic (exact) mass is 311 g/mol. The average Bonchev–Trinajstić information content (AvgIpc) is 3.11. The Morgan fingerprint density at radius 3 is 2.83 bits per heavy atom. The van der Waals surface area contributed by atoms with Gasteiger partial charge in [0, 0.05) is 23.1 Å². The predicted molar refractivity (Wildman–Crippen MR) is 77.1 cm³/mol. The zero-order chi connectivity index (χ0) is 13.2. The predicted octanol–water partition coefficient (Wildman–Crippen LogP) is 3.09. The number of amidine groups is 1. The molecular weight excluding hydrogens is 294 g/mol. The molecule has 0 unspecified atom stereocenters. The third-order valence-corrected chi connectivity index (χ3v) is 4.36. The number of oxime groups is 1. The maximum Gasteiger partial charge on any atom is 0.139 e. The minimum atomic E-state index is 0.178. The van der Waals surface area contributed by atoms with Gasteiger partial charge in [0.2, 0.25) is 0 Å². The van der Waals surface area contributed by atoms with Crippen molar-refractivity contribution in [1.82, 2.24) is 0 Å². The minimum Gasteiger partial charge on any atom is -0.409 e. The van der Waals surface area contributed by atoms with Crippen LogP contribution < -0.4 is 11.1 Å². The summed E-state index contributed by atoms with van der Waals surface area (Å²) in [7, 11) is 0. The lowest BCUT2D eigenvalue weighted by atomic mass is 10.0. The first-order valence-corrected chi connectivity index (χ1v) is 6.80. The molecular formula is C13H18BrN3O. The summed E-state index contributed by atoms with van der Waals surface area (Å²) in [6.07, 6.45) is 2.92. The smallest absolute Gasteiger partial charge is 0.139 e. The molecule has 4 N–H and O–H groups in total. The van der Waals surface area contributed by atoms with Crippen LogP contribution in [0.1, 0.15) is 24.8 Å². The van der Waals surface area contributed by atoms with Gasteiger partial charge in [0.15, 0.2) is 0 Å². The highest BCUT2D eigenvalue weighted by molar-refractivity contribution is 9.10. The summed E-state index contributed by atoms with van der Waals surface area (Å²) < 4.78 is 1.12. The zero-order valence-corrected chi connectivity index (χ0v) is 12.0. The van der Waals surface area contributed by atoms with E-state index in [9.17, 15) is 0 Å². The first-order chi connectivity index (χ1) is 8.54. The maximum absolute atomic E-state index is 8.62. The summed E-state index contributed by atoms with van der Waals surface area (Å²) in [6, 6.07) is 6.21. The molecule has 5 heteroatoms. The Morgan fingerprint density at radius 1 is 1.56 bits per heavy atom. The van der Waals surface area contributed by atoms with Crippen LogP contribution in [0, 0.1) is 12.3 Å². The lowest BCUT2D eigenvalue weighted by Gasteiger charge is -2.16. The second-order valence-corrected chi connectivity index (χ2v) is 5.94. The molecule has 1 aromatic rings. The Bertz CT molecular complexity index is 469. The summed E-state index contributed by atoms with van der Waals surface area (Å²) >= 11 is 3.49. The van der Waals surface area contributed by atoms with Gasteiger partial charge in [-0.05, 0) is 48.9 Å². The first-order valence-electron chi connectivity index (χ1n) is 6.01. The molecule has 1 aromatic carbocycles. The van der Waals surface area contributed by atoms with Crippen LogP contribution in [0.5, 0.6) is 0 Å². The molecule has 0 spiro atoms. The number of aryl methyl sites for hydroxylation is 1. The van der Waals surface area contributed by atoms with Crippen LogP contribution in [0.15, 0.2) is 27.8 Å². The van der Waals surface area contributed by atoms with E-state index in [-0.39, 0.29) is 5.41 Å². The van der Waals surface area contributed by atoms with Gasteiger partial charge in [0.1, 0.15) is 5.84 Å². The number of anilines is 1. The van der Waals surface area contributed by atoms with Crippen molar-refractivity contribution >= 4 is 27.5 Å². The van der Waals surface area contributed by atoms with Crippen molar-refractivity contribution in [2.24, 2.45) is 16.3 Å². The van der Waals surface area contributed by atoms with Crippen molar-refractivity contribution in [3.05, 3.63) is 28.2 Å². The van der Waals surface area contributed by atoms with Gasteiger partial charge >= 0.3 is 0 Å². The van der Waals surface area contributed by atoms with E-state index < -0.39 is 0 Å². The number of benzene rings is 1. The zero-order valence-electron chi connectivity index (χ0n) is 10.4. The number of hydrogen-bond acceptors (Lipinski definition) is 3. The van der Waals surface area contributed by atoms with Gasteiger partial charge < -0.3 is 16.3 Å². The molecule has 0 radical (unpaired) electrons. The Balaban J connectivity index is 1.93. The number of nitrogens with one attached hydrogen (secondary N) is 1. The normalized spacial score (nSPS) is 17.6. The second-order valence-electron chi connectivity index (χ2n) is 5.09. The first kappa shape index (κ1) is 13.2. The molecule has 1 aliphatic carbocycles. The molecule has 0 bridgehead atoms. The van der Waals surface area contributed by atoms with Crippen LogP contribution in [0.3, 0.4) is 0 Å². The quantitative estimate of drug-likeness (QED) is 0.339. The van der Waals surface area contributed by atoms with E-state index in [1.54, 1.807) is 0 Å². The van der Waals surface area contributed by atoms with Crippen LogP contribution in [-0.4, -0.2) is 17.6 Å². The largest absolute Gasteiger partial charge is 0.409 e. The van der Waals surface area contributed by atoms with E-state index in [2.05, 4.69) is 45.5 Å². The lowest BCUT2D eigenvalue weighted by molar-refractivity contribution is 0.315. The summed E-state index contributed by atoms with van der Waals surface area (Å²) in [5, 5.41) is 15.1. The van der Waals surface area contributed by atoms with Crippen molar-refractivity contribution in [3.8, 4) is 0 Å². The van der Waals surface area contributed by atoms with E-state index in [1.807, 2.05) is 6.07 Å². The fraction of sp³-hybridized carbons (Fsp3) is 0.462. The highest BCUT2D eigenvalue weighted by Gasteiger charge is 2.43. The van der Waals surface area contributed by atoms with Crippen molar-refractivity contribution in [3.63, 3.8) is 0 Å². The molecule has 0 saturated heterocycles. The third kappa shape index (κ3) is 3.16. The average molecular weight is 312 g/mol. The Kier molecular flexibility index (Phi) is 3.80. The summed E-state index contributed by atoms with van der Waals surface area (Å²) in [4.78, 5) is 0. The van der Waals surface area contributed by atoms with Gasteiger partial charge in [-0.1, -0.05) is 21.1 Å². The van der Waals surface area contributed by atoms with E-state index in [4.69, 9.17) is 10.9 Å². The highest BCUT2D eigenvalue weighted by atomic mass is 79.9. The molecule has 18 heavy (non-hydrogen) atoms. The van der Waals surface area contributed by atoms with Gasteiger partial charge in [-0.2, -0.15) is 0 Å². The third-order valence-electron chi connectivity index (χ3n) is 3.47. The van der Waals surface area contributed by atoms with Gasteiger partial charge in [0.25, 0.3) is 0 Å². The fourth-order valence-corrected chi connectivity index (χ4v) is 2.30. The number of hydrogen-bond donors (Lipinski definition) is 3. The molecule has 1 fully saturated rings. The topological polar surface area (TPSA) is 70.6 Å². The van der Waals surface area contributed by atoms with E-state index in [1.165, 1.54) is 5.56 Å². The van der Waals surface area contributed by atoms with Crippen molar-refractivity contribution in [1.29, 1.82) is 0 Å². The van der Waals surface area contributed by atoms with Gasteiger partial charge in [-0.3, -0.25) is 0 Å². The van der Waals surface area contributed by atoms with Gasteiger partial charge in [0.05, 0.1) is 0 Å². The minimum absolute atomic E-state index is 0.178. The molecule has 2 rings (SSSR count). The highest BCUT2D eigenvalue weighted by Crippen LogP contribution is 2.48. The maximum atomic E-state index is 8.62. The van der Waals surface area contributed by atoms with Crippen LogP contribution in [0.4, 0.5) is 5.69 Å². The number of nitrogens with zero attached hydrogens (tertiary/aromatic N) is 1. The van der Waals surface area contributed by atoms with Crippen molar-refractivity contribution in [2.45, 2.75) is 26.2 Å². The summed E-state index contributed by atoms with van der Waals surface area (Å²) in [5.41, 5.74) is 8.08. The molecule has 0 aliphatic heterocycles. The molecule has 4 nitrogen and oxygen atoms in total. The number of halogens is 1. The van der Waals surface area contributed by atoms with Crippen LogP contribution in [0.2, 0.25) is 0 Å². The number of nitrogens with two attached hydrogens (primary N) is 1. The Hall–Kier alpha value is -1.23. The summed E-state index contributed by atoms with van der Waals surface area (Å²) in [5.74, 6) is 0.321. The molecule has 0 aromatic heterocycles. The van der Waals surface area contributed by atoms with E-state index >= 15 is 0 Å². The Morgan fingerprint density at radius 2 is 2.28 bits per heavy atom. The van der Waals surface area contributed by atoms with Crippen LogP contribution in [-0.2, 0) is 0 Å². The van der Waals surface area contributed by atoms with E-state index in [0.29, 0.717) is 12.3 Å². The van der Waals surface area contributed by atoms with Crippen LogP contribution in [0.25, 0.3) is 0 Å². The SMILES string of the molecule is Cc1cc(NCC2(CC(N)=NO)CC2)ccc1Br. The van der Waals surface area contributed by atoms with Crippen LogP contribution >= 0.6 is 15.9 Å². The van der Waals surface area contributed by atoms with Gasteiger partial charge in [-0.15, -0.1) is 0 Å². The standard InChI is InChI=1S/C13H18BrN3O/c1-9-6-10(2-3-11(9)14)16-8-13(4-5-13)7-12(15)17-18/h2-3,6,16,18H,4-5,7-8H2,1H3,(H2,15,17). The Labute approximate surface area is 115 Å². The van der Waals surface area contributed by atoms with Gasteiger partial charge in [-0.25, -0.2) is 0 Å². The summed E-state index contributed by atoms with van der Waals surface area (Å²) in [6.45, 7) is 2.93. The van der Waals surface area contributed by atoms with Crippen molar-refractivity contribution < 1.29 is 5.21 Å². The molecule has 0 atom stereocenters. The lowest BCUT2D eigenvalue weighted by Crippen LogP contribution is -2.23.